The van der Waals surface area contributed by atoms with Crippen LogP contribution in [0, 0.1) is 5.82 Å². The molecule has 0 atom stereocenters. The number of nitrogens with one attached hydrogen (secondary N) is 1. The van der Waals surface area contributed by atoms with Crippen LogP contribution in [0.15, 0.2) is 42.5 Å². The molecular weight excluding hydrogens is 366 g/mol. The third-order valence-corrected chi connectivity index (χ3v) is 3.17. The Labute approximate surface area is 156 Å². The lowest BCUT2D eigenvalue weighted by Crippen LogP contribution is -2.09. The molecule has 0 aliphatic rings. The summed E-state index contributed by atoms with van der Waals surface area (Å²) in [6.45, 7) is 4.84. The Morgan fingerprint density at radius 3 is 2.07 bits per heavy atom. The zero-order valence-corrected chi connectivity index (χ0v) is 15.4. The maximum Gasteiger partial charge on any atom is 0.418 e. The molecule has 27 heavy (non-hydrogen) atoms. The number of ether oxygens (including phenoxy) is 2. The third kappa shape index (κ3) is 9.05. The molecule has 0 aromatic heterocycles. The van der Waals surface area contributed by atoms with E-state index in [0.717, 1.165) is 12.7 Å². The van der Waals surface area contributed by atoms with Crippen molar-refractivity contribution < 1.29 is 31.8 Å². The average molecular weight is 389 g/mol. The molecule has 2 aromatic carbocycles. The predicted octanol–water partition coefficient (Wildman–Crippen LogP) is 4.93. The molecule has 0 spiro atoms. The molecule has 0 fully saturated rings. The number of hydrogen-bond donors (Lipinski definition) is 1. The summed E-state index contributed by atoms with van der Waals surface area (Å²) in [6, 6.07) is 9.26. The summed E-state index contributed by atoms with van der Waals surface area (Å²) in [7, 11) is 3.10. The number of hydrogen-bond acceptors (Lipinski definition) is 4. The zero-order valence-electron chi connectivity index (χ0n) is 15.4. The normalized spacial score (nSPS) is 10.0. The van der Waals surface area contributed by atoms with E-state index >= 15 is 0 Å². The summed E-state index contributed by atoms with van der Waals surface area (Å²) in [5.74, 6) is -0.276. The number of carbonyl (C=O) groups excluding carboxylic acids is 1. The van der Waals surface area contributed by atoms with Gasteiger partial charge < -0.3 is 19.6 Å². The molecule has 0 saturated heterocycles. The fraction of sp³-hybridized carbons (Fsp3) is 0.316. The van der Waals surface area contributed by atoms with Gasteiger partial charge in [0.05, 0.1) is 5.56 Å². The smallest absolute Gasteiger partial charge is 0.418 e. The summed E-state index contributed by atoms with van der Waals surface area (Å²) in [4.78, 5) is 8.00. The lowest BCUT2D eigenvalue weighted by molar-refractivity contribution is -0.137. The molecule has 1 N–H and O–H groups in total. The summed E-state index contributed by atoms with van der Waals surface area (Å²) >= 11 is 0. The number of carbonyl (C=O) groups is 1. The molecule has 0 amide bonds. The number of benzene rings is 2. The maximum atomic E-state index is 12.9. The molecule has 0 aliphatic heterocycles. The first kappa shape index (κ1) is 24.4. The molecule has 0 heterocycles. The van der Waals surface area contributed by atoms with Gasteiger partial charge in [-0.15, -0.1) is 0 Å². The minimum absolute atomic E-state index is 0.0170. The van der Waals surface area contributed by atoms with Crippen LogP contribution < -0.4 is 10.1 Å². The van der Waals surface area contributed by atoms with Gasteiger partial charge in [0.2, 0.25) is 0 Å². The Morgan fingerprint density at radius 1 is 1.07 bits per heavy atom. The molecule has 4 nitrogen and oxygen atoms in total. The standard InChI is InChI=1S/C15H13F4NO.C3H8O.CH2O/c1-20-14-7-6-12(8-13(14)15(17,18)19)21-9-10-2-4-11(16)5-3-10;1-3-4-2;1-2/h2-8,20H,9H2,1H3;3H2,1-2H3;1H2. The van der Waals surface area contributed by atoms with Gasteiger partial charge in [0, 0.05) is 26.5 Å². The van der Waals surface area contributed by atoms with Crippen LogP contribution in [-0.2, 0) is 22.3 Å². The molecule has 2 rings (SSSR count). The second kappa shape index (κ2) is 12.7. The Kier molecular flexibility index (Phi) is 11.5. The van der Waals surface area contributed by atoms with Gasteiger partial charge in [-0.25, -0.2) is 4.39 Å². The van der Waals surface area contributed by atoms with E-state index in [1.165, 1.54) is 43.4 Å². The summed E-state index contributed by atoms with van der Waals surface area (Å²) in [5.41, 5.74) is -0.138. The molecular formula is C19H23F4NO3. The van der Waals surface area contributed by atoms with Crippen LogP contribution in [0.4, 0.5) is 23.2 Å². The van der Waals surface area contributed by atoms with E-state index in [0.29, 0.717) is 5.56 Å². The highest BCUT2D eigenvalue weighted by Crippen LogP contribution is 2.37. The highest BCUT2D eigenvalue weighted by atomic mass is 19.4. The Bertz CT molecular complexity index is 659. The van der Waals surface area contributed by atoms with Crippen molar-refractivity contribution in [1.82, 2.24) is 0 Å². The minimum atomic E-state index is -4.46. The number of methoxy groups -OCH3 is 1. The second-order valence-electron chi connectivity index (χ2n) is 4.95. The van der Waals surface area contributed by atoms with Crippen molar-refractivity contribution in [2.45, 2.75) is 19.7 Å². The van der Waals surface area contributed by atoms with Gasteiger partial charge >= 0.3 is 6.18 Å². The van der Waals surface area contributed by atoms with E-state index < -0.39 is 11.7 Å². The summed E-state index contributed by atoms with van der Waals surface area (Å²) in [6.07, 6.45) is -4.46. The SMILES string of the molecule is C=O.CCOC.CNc1ccc(OCc2ccc(F)cc2)cc1C(F)(F)F. The van der Waals surface area contributed by atoms with E-state index in [1.54, 1.807) is 7.11 Å². The van der Waals surface area contributed by atoms with Crippen molar-refractivity contribution in [1.29, 1.82) is 0 Å². The van der Waals surface area contributed by atoms with E-state index in [-0.39, 0.29) is 23.9 Å². The molecule has 8 heteroatoms. The van der Waals surface area contributed by atoms with E-state index in [1.807, 2.05) is 13.7 Å². The highest BCUT2D eigenvalue weighted by molar-refractivity contribution is 5.55. The first-order valence-electron chi connectivity index (χ1n) is 7.85. The van der Waals surface area contributed by atoms with Crippen LogP contribution in [0.1, 0.15) is 18.1 Å². The minimum Gasteiger partial charge on any atom is -0.489 e. The van der Waals surface area contributed by atoms with Gasteiger partial charge in [-0.3, -0.25) is 0 Å². The van der Waals surface area contributed by atoms with Gasteiger partial charge in [-0.1, -0.05) is 12.1 Å². The van der Waals surface area contributed by atoms with Gasteiger partial charge in [-0.2, -0.15) is 13.2 Å². The number of halogens is 4. The maximum absolute atomic E-state index is 12.9. The first-order chi connectivity index (χ1) is 12.8. The summed E-state index contributed by atoms with van der Waals surface area (Å²) in [5, 5.41) is 2.49. The van der Waals surface area contributed by atoms with Gasteiger partial charge in [0.15, 0.2) is 0 Å². The van der Waals surface area contributed by atoms with Crippen LogP contribution in [0.25, 0.3) is 0 Å². The summed E-state index contributed by atoms with van der Waals surface area (Å²) < 4.78 is 61.3. The van der Waals surface area contributed by atoms with Crippen LogP contribution in [0.3, 0.4) is 0 Å². The average Bonchev–Trinajstić information content (AvgIpc) is 2.68. The molecule has 150 valence electrons. The van der Waals surface area contributed by atoms with Crippen molar-refractivity contribution in [3.8, 4) is 5.75 Å². The first-order valence-corrected chi connectivity index (χ1v) is 7.85. The van der Waals surface area contributed by atoms with Gasteiger partial charge in [0.25, 0.3) is 0 Å². The lowest BCUT2D eigenvalue weighted by Gasteiger charge is -2.14. The van der Waals surface area contributed by atoms with Gasteiger partial charge in [-0.05, 0) is 42.8 Å². The van der Waals surface area contributed by atoms with Crippen LogP contribution >= 0.6 is 0 Å². The van der Waals surface area contributed by atoms with Crippen LogP contribution in [0.2, 0.25) is 0 Å². The molecule has 0 aliphatic carbocycles. The Hall–Kier alpha value is -2.61. The molecule has 0 unspecified atom stereocenters. The van der Waals surface area contributed by atoms with Gasteiger partial charge in [0.1, 0.15) is 25.0 Å². The van der Waals surface area contributed by atoms with Crippen molar-refractivity contribution in [3.05, 3.63) is 59.4 Å². The van der Waals surface area contributed by atoms with Crippen LogP contribution in [-0.4, -0.2) is 27.6 Å². The molecule has 0 radical (unpaired) electrons. The topological polar surface area (TPSA) is 47.6 Å². The zero-order chi connectivity index (χ0) is 20.9. The largest absolute Gasteiger partial charge is 0.489 e. The molecule has 2 aromatic rings. The fourth-order valence-electron chi connectivity index (χ4n) is 1.81. The molecule has 0 saturated carbocycles. The number of rotatable bonds is 5. The van der Waals surface area contributed by atoms with E-state index in [4.69, 9.17) is 9.53 Å². The number of anilines is 1. The Morgan fingerprint density at radius 2 is 1.63 bits per heavy atom. The van der Waals surface area contributed by atoms with Crippen molar-refractivity contribution >= 4 is 12.5 Å². The van der Waals surface area contributed by atoms with Crippen molar-refractivity contribution in [2.75, 3.05) is 26.1 Å². The highest BCUT2D eigenvalue weighted by Gasteiger charge is 2.33. The van der Waals surface area contributed by atoms with E-state index in [2.05, 4.69) is 10.1 Å². The lowest BCUT2D eigenvalue weighted by atomic mass is 10.1. The number of alkyl halides is 3. The second-order valence-corrected chi connectivity index (χ2v) is 4.95. The monoisotopic (exact) mass is 389 g/mol. The Balaban J connectivity index is 0.000000998. The van der Waals surface area contributed by atoms with Crippen molar-refractivity contribution in [3.63, 3.8) is 0 Å². The predicted molar refractivity (Wildman–Crippen MR) is 96.4 cm³/mol. The van der Waals surface area contributed by atoms with E-state index in [9.17, 15) is 17.6 Å². The fourth-order valence-corrected chi connectivity index (χ4v) is 1.81. The quantitative estimate of drug-likeness (QED) is 0.737. The van der Waals surface area contributed by atoms with Crippen molar-refractivity contribution in [2.24, 2.45) is 0 Å². The van der Waals surface area contributed by atoms with Crippen LogP contribution in [0.5, 0.6) is 5.75 Å². The molecule has 0 bridgehead atoms. The third-order valence-electron chi connectivity index (χ3n) is 3.17.